The predicted octanol–water partition coefficient (Wildman–Crippen LogP) is 10.4. The van der Waals surface area contributed by atoms with Crippen LogP contribution in [0.4, 0.5) is 0 Å². The van der Waals surface area contributed by atoms with Crippen LogP contribution in [0.2, 0.25) is 0 Å². The van der Waals surface area contributed by atoms with E-state index in [1.165, 1.54) is 78.3 Å². The van der Waals surface area contributed by atoms with E-state index in [9.17, 15) is 5.53 Å². The van der Waals surface area contributed by atoms with Gasteiger partial charge in [0.1, 0.15) is 0 Å². The molecule has 0 saturated heterocycles. The summed E-state index contributed by atoms with van der Waals surface area (Å²) in [6.45, 7) is 8.90. The lowest BCUT2D eigenvalue weighted by molar-refractivity contribution is -0.345. The topological polar surface area (TPSA) is 25.3 Å². The Labute approximate surface area is 214 Å². The van der Waals surface area contributed by atoms with Crippen molar-refractivity contribution in [2.45, 2.75) is 111 Å². The fraction of sp³-hybridized carbons (Fsp3) is 0.515. The zero-order valence-corrected chi connectivity index (χ0v) is 22.7. The molecule has 0 saturated carbocycles. The summed E-state index contributed by atoms with van der Waals surface area (Å²) in [6, 6.07) is 17.5. The van der Waals surface area contributed by atoms with Crippen molar-refractivity contribution in [3.8, 4) is 0 Å². The highest BCUT2D eigenvalue weighted by Crippen LogP contribution is 2.44. The smallest absolute Gasteiger partial charge is 0.211 e. The molecule has 188 valence electrons. The van der Waals surface area contributed by atoms with Gasteiger partial charge in [0.25, 0.3) is 0 Å². The number of rotatable bonds is 15. The number of unbranched alkanes of at least 4 members (excludes halogenated alkanes) is 7. The first-order valence-electron chi connectivity index (χ1n) is 14.2. The van der Waals surface area contributed by atoms with Crippen LogP contribution in [-0.2, 0) is 6.42 Å². The average Bonchev–Trinajstić information content (AvgIpc) is 3.15. The van der Waals surface area contributed by atoms with Gasteiger partial charge in [0.05, 0.1) is 0 Å². The molecule has 2 aromatic carbocycles. The molecule has 2 nitrogen and oxygen atoms in total. The molecular weight excluding hydrogens is 424 g/mol. The van der Waals surface area contributed by atoms with E-state index in [1.807, 2.05) is 0 Å². The van der Waals surface area contributed by atoms with E-state index >= 15 is 0 Å². The molecule has 1 heterocycles. The largest absolute Gasteiger partial charge is 0.493 e. The number of allylic oxidation sites excluding steroid dienone is 2. The molecule has 0 aliphatic carbocycles. The molecule has 1 aliphatic heterocycles. The highest BCUT2D eigenvalue weighted by atomic mass is 15.2. The first-order valence-corrected chi connectivity index (χ1v) is 14.2. The first-order chi connectivity index (χ1) is 17.1. The third-order valence-corrected chi connectivity index (χ3v) is 7.26. The minimum Gasteiger partial charge on any atom is -0.493 e. The monoisotopic (exact) mass is 470 g/mol. The summed E-state index contributed by atoms with van der Waals surface area (Å²) < 4.78 is 1.53. The molecular formula is C33H46N2. The van der Waals surface area contributed by atoms with Crippen LogP contribution in [0.15, 0.2) is 59.7 Å². The van der Waals surface area contributed by atoms with Crippen molar-refractivity contribution < 1.29 is 4.70 Å². The van der Waals surface area contributed by atoms with Crippen LogP contribution in [0.25, 0.3) is 16.9 Å². The van der Waals surface area contributed by atoms with Gasteiger partial charge >= 0.3 is 0 Å². The number of nitrogens with zero attached hydrogens (tertiary/aromatic N) is 2. The van der Waals surface area contributed by atoms with Crippen LogP contribution in [0.1, 0.15) is 120 Å². The Kier molecular flexibility index (Phi) is 11.0. The molecule has 0 spiro atoms. The number of benzene rings is 2. The minimum atomic E-state index is 0.999. The van der Waals surface area contributed by atoms with Crippen LogP contribution in [-0.4, -0.2) is 4.70 Å². The van der Waals surface area contributed by atoms with Crippen molar-refractivity contribution in [1.29, 1.82) is 0 Å². The van der Waals surface area contributed by atoms with Gasteiger partial charge in [-0.05, 0) is 75.3 Å². The molecule has 1 aliphatic rings. The van der Waals surface area contributed by atoms with Crippen LogP contribution in [0.5, 0.6) is 0 Å². The Morgan fingerprint density at radius 3 is 1.86 bits per heavy atom. The molecule has 0 unspecified atom stereocenters. The van der Waals surface area contributed by atoms with E-state index < -0.39 is 0 Å². The SMILES string of the molecule is CCCCCCCCC1=C(c2ccc(C)cc2)[N+](=[N-])C(c2cccc(CCCC)c2)=C1CCCC. The van der Waals surface area contributed by atoms with Crippen LogP contribution >= 0.6 is 0 Å². The van der Waals surface area contributed by atoms with E-state index in [-0.39, 0.29) is 0 Å². The van der Waals surface area contributed by atoms with Gasteiger partial charge in [-0.25, -0.2) is 4.70 Å². The molecule has 35 heavy (non-hydrogen) atoms. The third-order valence-electron chi connectivity index (χ3n) is 7.26. The standard InChI is InChI=1S/C33H46N2/c1-5-8-11-12-13-14-20-31-30(19-10-7-3)33(29-18-15-17-27(25-29)16-9-6-2)35(34)32(31)28-23-21-26(4)22-24-28/h15,17-18,21-25H,5-14,16,19-20H2,1-4H3. The Morgan fingerprint density at radius 2 is 1.17 bits per heavy atom. The van der Waals surface area contributed by atoms with Crippen molar-refractivity contribution in [2.24, 2.45) is 0 Å². The summed E-state index contributed by atoms with van der Waals surface area (Å²) in [5, 5.41) is 0. The maximum absolute atomic E-state index is 11.7. The maximum Gasteiger partial charge on any atom is 0.211 e. The Bertz CT molecular complexity index is 1020. The predicted molar refractivity (Wildman–Crippen MR) is 151 cm³/mol. The van der Waals surface area contributed by atoms with Crippen LogP contribution in [0, 0.1) is 6.92 Å². The van der Waals surface area contributed by atoms with E-state index in [0.29, 0.717) is 0 Å². The summed E-state index contributed by atoms with van der Waals surface area (Å²) in [7, 11) is 0. The highest BCUT2D eigenvalue weighted by Gasteiger charge is 2.35. The molecule has 0 bridgehead atoms. The molecule has 0 radical (unpaired) electrons. The maximum atomic E-state index is 11.7. The van der Waals surface area contributed by atoms with Gasteiger partial charge in [-0.1, -0.05) is 95.5 Å². The van der Waals surface area contributed by atoms with Gasteiger partial charge in [-0.15, -0.1) is 0 Å². The Balaban J connectivity index is 2.01. The molecule has 3 rings (SSSR count). The average molecular weight is 471 g/mol. The van der Waals surface area contributed by atoms with E-state index in [2.05, 4.69) is 76.2 Å². The summed E-state index contributed by atoms with van der Waals surface area (Å²) in [5.41, 5.74) is 21.3. The molecule has 0 N–H and O–H groups in total. The fourth-order valence-corrected chi connectivity index (χ4v) is 5.19. The quantitative estimate of drug-likeness (QED) is 0.183. The van der Waals surface area contributed by atoms with Gasteiger partial charge in [0.2, 0.25) is 11.4 Å². The van der Waals surface area contributed by atoms with Gasteiger partial charge < -0.3 is 5.53 Å². The van der Waals surface area contributed by atoms with Gasteiger partial charge in [0.15, 0.2) is 0 Å². The Hall–Kier alpha value is -2.48. The second-order valence-electron chi connectivity index (χ2n) is 10.3. The zero-order chi connectivity index (χ0) is 25.0. The second kappa shape index (κ2) is 14.2. The van der Waals surface area contributed by atoms with E-state index in [0.717, 1.165) is 54.6 Å². The number of aryl methyl sites for hydroxylation is 2. The van der Waals surface area contributed by atoms with Crippen LogP contribution in [0.3, 0.4) is 0 Å². The minimum absolute atomic E-state index is 0.999. The molecule has 0 aromatic heterocycles. The number of hydrogen-bond donors (Lipinski definition) is 0. The van der Waals surface area contributed by atoms with Crippen molar-refractivity contribution in [1.82, 2.24) is 0 Å². The number of hydrogen-bond acceptors (Lipinski definition) is 0. The summed E-state index contributed by atoms with van der Waals surface area (Å²) in [6.07, 6.45) is 15.5. The van der Waals surface area contributed by atoms with E-state index in [1.54, 1.807) is 0 Å². The lowest BCUT2D eigenvalue weighted by Crippen LogP contribution is -2.03. The van der Waals surface area contributed by atoms with Gasteiger partial charge in [-0.3, -0.25) is 0 Å². The van der Waals surface area contributed by atoms with Crippen molar-refractivity contribution >= 4 is 11.4 Å². The molecule has 0 atom stereocenters. The summed E-state index contributed by atoms with van der Waals surface area (Å²) >= 11 is 0. The lowest BCUT2D eigenvalue weighted by atomic mass is 9.91. The van der Waals surface area contributed by atoms with Gasteiger partial charge in [0, 0.05) is 22.3 Å². The van der Waals surface area contributed by atoms with Crippen molar-refractivity contribution in [3.63, 3.8) is 0 Å². The lowest BCUT2D eigenvalue weighted by Gasteiger charge is -2.11. The van der Waals surface area contributed by atoms with Crippen molar-refractivity contribution in [3.05, 3.63) is 87.5 Å². The second-order valence-corrected chi connectivity index (χ2v) is 10.3. The van der Waals surface area contributed by atoms with Crippen molar-refractivity contribution in [2.75, 3.05) is 0 Å². The Morgan fingerprint density at radius 1 is 0.600 bits per heavy atom. The summed E-state index contributed by atoms with van der Waals surface area (Å²) in [5.74, 6) is 0. The van der Waals surface area contributed by atoms with E-state index in [4.69, 9.17) is 0 Å². The summed E-state index contributed by atoms with van der Waals surface area (Å²) in [4.78, 5) is 0. The highest BCUT2D eigenvalue weighted by molar-refractivity contribution is 5.82. The first kappa shape index (κ1) is 27.1. The molecule has 2 heteroatoms. The van der Waals surface area contributed by atoms with Gasteiger partial charge in [-0.2, -0.15) is 0 Å². The fourth-order valence-electron chi connectivity index (χ4n) is 5.19. The molecule has 0 fully saturated rings. The molecule has 2 aromatic rings. The zero-order valence-electron chi connectivity index (χ0n) is 22.7. The van der Waals surface area contributed by atoms with Crippen LogP contribution < -0.4 is 0 Å². The molecule has 0 amide bonds. The normalized spacial score (nSPS) is 13.9. The third kappa shape index (κ3) is 7.26.